The van der Waals surface area contributed by atoms with Gasteiger partial charge in [0.05, 0.1) is 22.9 Å². The van der Waals surface area contributed by atoms with Gasteiger partial charge in [0.2, 0.25) is 0 Å². The average Bonchev–Trinajstić information content (AvgIpc) is 2.99. The molecule has 2 heterocycles. The molecule has 150 valence electrons. The molecule has 28 heavy (non-hydrogen) atoms. The number of ether oxygens (including phenoxy) is 1. The van der Waals surface area contributed by atoms with Crippen molar-refractivity contribution in [3.8, 4) is 5.69 Å². The number of hydrogen-bond acceptors (Lipinski definition) is 6. The molecule has 0 aliphatic carbocycles. The van der Waals surface area contributed by atoms with Crippen LogP contribution in [0.1, 0.15) is 44.0 Å². The second-order valence-electron chi connectivity index (χ2n) is 7.06. The van der Waals surface area contributed by atoms with E-state index in [4.69, 9.17) is 9.72 Å². The quantitative estimate of drug-likeness (QED) is 0.396. The lowest BCUT2D eigenvalue weighted by Crippen LogP contribution is -2.26. The first kappa shape index (κ1) is 21.0. The van der Waals surface area contributed by atoms with Crippen molar-refractivity contribution in [1.29, 1.82) is 0 Å². The molecular formula is C21H26N2O3S2. The largest absolute Gasteiger partial charge is 0.465 e. The van der Waals surface area contributed by atoms with Crippen LogP contribution in [-0.4, -0.2) is 32.6 Å². The minimum atomic E-state index is -0.395. The Morgan fingerprint density at radius 1 is 1.32 bits per heavy atom. The lowest BCUT2D eigenvalue weighted by Gasteiger charge is -2.18. The summed E-state index contributed by atoms with van der Waals surface area (Å²) in [5, 5.41) is 0.493. The zero-order valence-electron chi connectivity index (χ0n) is 16.9. The fourth-order valence-corrected chi connectivity index (χ4v) is 5.49. The van der Waals surface area contributed by atoms with Crippen molar-refractivity contribution in [3.63, 3.8) is 0 Å². The lowest BCUT2D eigenvalue weighted by atomic mass is 10.1. The molecule has 3 rings (SSSR count). The van der Waals surface area contributed by atoms with Crippen LogP contribution >= 0.6 is 23.5 Å². The van der Waals surface area contributed by atoms with Crippen LogP contribution in [0.15, 0.2) is 33.0 Å². The summed E-state index contributed by atoms with van der Waals surface area (Å²) >= 11 is 2.91. The van der Waals surface area contributed by atoms with Gasteiger partial charge in [-0.2, -0.15) is 0 Å². The van der Waals surface area contributed by atoms with E-state index in [9.17, 15) is 9.59 Å². The minimum absolute atomic E-state index is 0.0504. The molecule has 1 aliphatic rings. The third kappa shape index (κ3) is 4.30. The molecule has 0 fully saturated rings. The minimum Gasteiger partial charge on any atom is -0.465 e. The third-order valence-electron chi connectivity index (χ3n) is 4.51. The monoisotopic (exact) mass is 418 g/mol. The van der Waals surface area contributed by atoms with Gasteiger partial charge in [-0.15, -0.1) is 11.8 Å². The second-order valence-corrected chi connectivity index (χ2v) is 9.67. The molecular weight excluding hydrogens is 392 g/mol. The first-order valence-corrected chi connectivity index (χ1v) is 11.3. The van der Waals surface area contributed by atoms with Crippen LogP contribution in [0.5, 0.6) is 0 Å². The molecule has 0 saturated heterocycles. The number of esters is 1. The molecule has 7 heteroatoms. The van der Waals surface area contributed by atoms with E-state index in [0.29, 0.717) is 23.4 Å². The molecule has 1 aliphatic heterocycles. The van der Waals surface area contributed by atoms with E-state index in [1.807, 2.05) is 32.9 Å². The number of benzene rings is 1. The van der Waals surface area contributed by atoms with Crippen LogP contribution < -0.4 is 5.56 Å². The van der Waals surface area contributed by atoms with Gasteiger partial charge in [0.15, 0.2) is 5.16 Å². The molecule has 0 saturated carbocycles. The van der Waals surface area contributed by atoms with Crippen molar-refractivity contribution < 1.29 is 9.53 Å². The highest BCUT2D eigenvalue weighted by atomic mass is 32.2. The van der Waals surface area contributed by atoms with Crippen LogP contribution in [-0.2, 0) is 16.0 Å². The maximum absolute atomic E-state index is 13.4. The highest BCUT2D eigenvalue weighted by Crippen LogP contribution is 2.36. The SMILES string of the molecule is CCOC(=O)[C@H](CC)Sc1nc2c(c(=O)n1-c1cc(C)cc(C)c1)S[C@@H](C)C2. The Morgan fingerprint density at radius 3 is 2.61 bits per heavy atom. The molecule has 0 radical (unpaired) electrons. The molecule has 1 aromatic heterocycles. The average molecular weight is 419 g/mol. The molecule has 2 atom stereocenters. The summed E-state index contributed by atoms with van der Waals surface area (Å²) in [7, 11) is 0. The summed E-state index contributed by atoms with van der Waals surface area (Å²) in [6.45, 7) is 10.2. The van der Waals surface area contributed by atoms with Crippen molar-refractivity contribution in [2.75, 3.05) is 6.61 Å². The van der Waals surface area contributed by atoms with E-state index in [0.717, 1.165) is 33.8 Å². The van der Waals surface area contributed by atoms with Gasteiger partial charge in [-0.1, -0.05) is 31.7 Å². The van der Waals surface area contributed by atoms with Gasteiger partial charge in [0.25, 0.3) is 5.56 Å². The number of carbonyl (C=O) groups excluding carboxylic acids is 1. The number of rotatable bonds is 6. The van der Waals surface area contributed by atoms with Crippen molar-refractivity contribution >= 4 is 29.5 Å². The highest BCUT2D eigenvalue weighted by molar-refractivity contribution is 8.00. The molecule has 2 aromatic rings. The topological polar surface area (TPSA) is 61.2 Å². The molecule has 0 amide bonds. The van der Waals surface area contributed by atoms with E-state index in [-0.39, 0.29) is 11.5 Å². The first-order valence-electron chi connectivity index (χ1n) is 9.58. The van der Waals surface area contributed by atoms with E-state index < -0.39 is 5.25 Å². The predicted molar refractivity (Wildman–Crippen MR) is 115 cm³/mol. The van der Waals surface area contributed by atoms with Crippen molar-refractivity contribution in [2.45, 2.75) is 68.0 Å². The molecule has 0 unspecified atom stereocenters. The molecule has 0 N–H and O–H groups in total. The van der Waals surface area contributed by atoms with Crippen LogP contribution in [0.25, 0.3) is 5.69 Å². The zero-order chi connectivity index (χ0) is 20.4. The summed E-state index contributed by atoms with van der Waals surface area (Å²) in [5.74, 6) is -0.264. The Bertz CT molecular complexity index is 935. The maximum Gasteiger partial charge on any atom is 0.319 e. The zero-order valence-corrected chi connectivity index (χ0v) is 18.6. The second kappa shape index (κ2) is 8.74. The Balaban J connectivity index is 2.15. The van der Waals surface area contributed by atoms with Crippen LogP contribution in [0.4, 0.5) is 0 Å². The molecule has 0 spiro atoms. The van der Waals surface area contributed by atoms with E-state index in [2.05, 4.69) is 13.0 Å². The van der Waals surface area contributed by atoms with E-state index in [1.165, 1.54) is 11.8 Å². The summed E-state index contributed by atoms with van der Waals surface area (Å²) in [5.41, 5.74) is 3.74. The van der Waals surface area contributed by atoms with Gasteiger partial charge in [-0.3, -0.25) is 14.2 Å². The summed E-state index contributed by atoms with van der Waals surface area (Å²) in [6, 6.07) is 6.05. The smallest absolute Gasteiger partial charge is 0.319 e. The van der Waals surface area contributed by atoms with E-state index >= 15 is 0 Å². The number of hydrogen-bond donors (Lipinski definition) is 0. The molecule has 1 aromatic carbocycles. The molecule has 5 nitrogen and oxygen atoms in total. The standard InChI is InChI=1S/C21H26N2O3S2/c1-6-17(20(25)26-7-2)28-21-22-16-11-14(5)27-18(16)19(24)23(21)15-9-12(3)8-13(4)10-15/h8-10,14,17H,6-7,11H2,1-5H3/t14-,17-/m0/s1. The van der Waals surface area contributed by atoms with Crippen LogP contribution in [0, 0.1) is 13.8 Å². The normalized spacial score (nSPS) is 16.7. The first-order chi connectivity index (χ1) is 13.3. The van der Waals surface area contributed by atoms with Crippen LogP contribution in [0.3, 0.4) is 0 Å². The number of aryl methyl sites for hydroxylation is 2. The number of fused-ring (bicyclic) bond motifs is 1. The Kier molecular flexibility index (Phi) is 6.55. The van der Waals surface area contributed by atoms with Gasteiger partial charge in [0.1, 0.15) is 5.25 Å². The number of nitrogens with zero attached hydrogens (tertiary/aromatic N) is 2. The number of aromatic nitrogens is 2. The maximum atomic E-state index is 13.4. The van der Waals surface area contributed by atoms with Gasteiger partial charge in [0, 0.05) is 11.7 Å². The Hall–Kier alpha value is -1.73. The highest BCUT2D eigenvalue weighted by Gasteiger charge is 2.29. The van der Waals surface area contributed by atoms with E-state index in [1.54, 1.807) is 23.3 Å². The summed E-state index contributed by atoms with van der Waals surface area (Å²) in [6.07, 6.45) is 1.38. The fourth-order valence-electron chi connectivity index (χ4n) is 3.35. The summed E-state index contributed by atoms with van der Waals surface area (Å²) < 4.78 is 6.87. The summed E-state index contributed by atoms with van der Waals surface area (Å²) in [4.78, 5) is 31.3. The van der Waals surface area contributed by atoms with Crippen molar-refractivity contribution in [3.05, 3.63) is 45.4 Å². The van der Waals surface area contributed by atoms with Crippen molar-refractivity contribution in [1.82, 2.24) is 9.55 Å². The van der Waals surface area contributed by atoms with Gasteiger partial charge in [-0.25, -0.2) is 4.98 Å². The van der Waals surface area contributed by atoms with Crippen molar-refractivity contribution in [2.24, 2.45) is 0 Å². The lowest BCUT2D eigenvalue weighted by molar-refractivity contribution is -0.142. The third-order valence-corrected chi connectivity index (χ3v) is 7.02. The Morgan fingerprint density at radius 2 is 2.00 bits per heavy atom. The number of thioether (sulfide) groups is 2. The predicted octanol–water partition coefficient (Wildman–Crippen LogP) is 4.32. The van der Waals surface area contributed by atoms with Crippen LogP contribution in [0.2, 0.25) is 0 Å². The van der Waals surface area contributed by atoms with Gasteiger partial charge >= 0.3 is 5.97 Å². The molecule has 0 bridgehead atoms. The fraction of sp³-hybridized carbons (Fsp3) is 0.476. The van der Waals surface area contributed by atoms with Gasteiger partial charge < -0.3 is 4.74 Å². The Labute approximate surface area is 174 Å². The van der Waals surface area contributed by atoms with Gasteiger partial charge in [-0.05, 0) is 50.5 Å². The number of carbonyl (C=O) groups is 1.